The largest absolute Gasteiger partial charge is 0.313 e. The first-order valence-electron chi connectivity index (χ1n) is 5.86. The molecule has 1 saturated heterocycles. The molecule has 1 rings (SSSR count). The summed E-state index contributed by atoms with van der Waals surface area (Å²) in [5.74, 6) is 0.163. The molecule has 0 aliphatic carbocycles. The summed E-state index contributed by atoms with van der Waals surface area (Å²) in [7, 11) is 0.524. The lowest BCUT2D eigenvalue weighted by Gasteiger charge is -2.16. The fourth-order valence-electron chi connectivity index (χ4n) is 1.94. The van der Waals surface area contributed by atoms with Crippen molar-refractivity contribution in [1.82, 2.24) is 14.9 Å². The first kappa shape index (κ1) is 13.9. The van der Waals surface area contributed by atoms with E-state index >= 15 is 0 Å². The van der Waals surface area contributed by atoms with Crippen LogP contribution in [0.25, 0.3) is 0 Å². The van der Waals surface area contributed by atoms with Crippen LogP contribution in [0, 0.1) is 0 Å². The van der Waals surface area contributed by atoms with E-state index in [1.807, 2.05) is 0 Å². The molecule has 96 valence electrons. The number of likely N-dealkylation sites (tertiary alicyclic amines) is 1. The second kappa shape index (κ2) is 6.54. The zero-order valence-electron chi connectivity index (χ0n) is 10.2. The van der Waals surface area contributed by atoms with Crippen molar-refractivity contribution in [2.24, 2.45) is 0 Å². The summed E-state index contributed by atoms with van der Waals surface area (Å²) in [6.45, 7) is 2.78. The normalized spacial score (nSPS) is 24.2. The van der Waals surface area contributed by atoms with Gasteiger partial charge in [-0.25, -0.2) is 13.1 Å². The van der Waals surface area contributed by atoms with E-state index in [2.05, 4.69) is 22.0 Å². The fraction of sp³-hybridized carbons (Fsp3) is 1.00. The van der Waals surface area contributed by atoms with E-state index in [9.17, 15) is 8.42 Å². The highest BCUT2D eigenvalue weighted by Gasteiger charge is 2.15. The Balaban J connectivity index is 2.22. The van der Waals surface area contributed by atoms with E-state index in [-0.39, 0.29) is 5.75 Å². The van der Waals surface area contributed by atoms with E-state index in [0.29, 0.717) is 12.6 Å². The van der Waals surface area contributed by atoms with Gasteiger partial charge in [-0.15, -0.1) is 0 Å². The predicted molar refractivity (Wildman–Crippen MR) is 66.0 cm³/mol. The molecule has 0 bridgehead atoms. The van der Waals surface area contributed by atoms with Crippen molar-refractivity contribution in [3.8, 4) is 0 Å². The number of sulfonamides is 1. The van der Waals surface area contributed by atoms with Gasteiger partial charge in [-0.3, -0.25) is 0 Å². The summed E-state index contributed by atoms with van der Waals surface area (Å²) in [5.41, 5.74) is 0. The van der Waals surface area contributed by atoms with Crippen LogP contribution in [0.5, 0.6) is 0 Å². The van der Waals surface area contributed by atoms with Gasteiger partial charge in [0, 0.05) is 12.6 Å². The Bertz CT molecular complexity index is 292. The fourth-order valence-corrected chi connectivity index (χ4v) is 2.53. The molecule has 1 fully saturated rings. The van der Waals surface area contributed by atoms with Gasteiger partial charge in [-0.05, 0) is 46.4 Å². The van der Waals surface area contributed by atoms with Crippen molar-refractivity contribution in [2.75, 3.05) is 39.5 Å². The maximum absolute atomic E-state index is 11.2. The summed E-state index contributed by atoms with van der Waals surface area (Å²) in [6, 6.07) is 0.469. The average Bonchev–Trinajstić information content (AvgIpc) is 2.44. The molecule has 6 heteroatoms. The molecule has 1 aliphatic rings. The van der Waals surface area contributed by atoms with Crippen molar-refractivity contribution in [3.63, 3.8) is 0 Å². The van der Waals surface area contributed by atoms with Gasteiger partial charge in [-0.1, -0.05) is 0 Å². The summed E-state index contributed by atoms with van der Waals surface area (Å²) in [5, 5.41) is 3.33. The number of hydrogen-bond acceptors (Lipinski definition) is 4. The van der Waals surface area contributed by atoms with Gasteiger partial charge >= 0.3 is 0 Å². The molecule has 0 spiro atoms. The molecule has 1 atom stereocenters. The van der Waals surface area contributed by atoms with Crippen LogP contribution in [-0.2, 0) is 10.0 Å². The number of rotatable bonds is 5. The standard InChI is InChI=1S/C10H23N3O2S/c1-11-16(14,15)9-6-12-10-4-3-7-13(2)8-5-10/h10-12H,3-9H2,1-2H3. The van der Waals surface area contributed by atoms with Gasteiger partial charge in [0.2, 0.25) is 10.0 Å². The molecule has 0 radical (unpaired) electrons. The van der Waals surface area contributed by atoms with Crippen LogP contribution in [0.15, 0.2) is 0 Å². The van der Waals surface area contributed by atoms with Crippen LogP contribution in [-0.4, -0.2) is 58.8 Å². The first-order chi connectivity index (χ1) is 7.53. The van der Waals surface area contributed by atoms with Crippen LogP contribution >= 0.6 is 0 Å². The minimum Gasteiger partial charge on any atom is -0.313 e. The Hall–Kier alpha value is -0.170. The lowest BCUT2D eigenvalue weighted by atomic mass is 10.1. The Morgan fingerprint density at radius 2 is 2.06 bits per heavy atom. The highest BCUT2D eigenvalue weighted by atomic mass is 32.2. The Morgan fingerprint density at radius 1 is 1.31 bits per heavy atom. The lowest BCUT2D eigenvalue weighted by molar-refractivity contribution is 0.344. The molecule has 0 aromatic heterocycles. The van der Waals surface area contributed by atoms with Crippen molar-refractivity contribution in [1.29, 1.82) is 0 Å². The summed E-state index contributed by atoms with van der Waals surface area (Å²) in [4.78, 5) is 2.33. The summed E-state index contributed by atoms with van der Waals surface area (Å²) in [6.07, 6.45) is 3.44. The van der Waals surface area contributed by atoms with Crippen LogP contribution < -0.4 is 10.0 Å². The van der Waals surface area contributed by atoms with Crippen molar-refractivity contribution >= 4 is 10.0 Å². The summed E-state index contributed by atoms with van der Waals surface area (Å²) >= 11 is 0. The van der Waals surface area contributed by atoms with E-state index in [1.165, 1.54) is 13.5 Å². The molecule has 1 aliphatic heterocycles. The summed E-state index contributed by atoms with van der Waals surface area (Å²) < 4.78 is 24.7. The van der Waals surface area contributed by atoms with Crippen molar-refractivity contribution < 1.29 is 8.42 Å². The SMILES string of the molecule is CNS(=O)(=O)CCNC1CCCN(C)CC1. The van der Waals surface area contributed by atoms with Crippen molar-refractivity contribution in [3.05, 3.63) is 0 Å². The topological polar surface area (TPSA) is 61.4 Å². The third-order valence-electron chi connectivity index (χ3n) is 3.07. The van der Waals surface area contributed by atoms with Gasteiger partial charge in [0.1, 0.15) is 0 Å². The molecular weight excluding hydrogens is 226 g/mol. The molecule has 16 heavy (non-hydrogen) atoms. The third kappa shape index (κ3) is 5.25. The second-order valence-electron chi connectivity index (χ2n) is 4.41. The van der Waals surface area contributed by atoms with Gasteiger partial charge < -0.3 is 10.2 Å². The Labute approximate surface area is 98.6 Å². The van der Waals surface area contributed by atoms with Crippen LogP contribution in [0.4, 0.5) is 0 Å². The molecule has 1 unspecified atom stereocenters. The van der Waals surface area contributed by atoms with E-state index < -0.39 is 10.0 Å². The lowest BCUT2D eigenvalue weighted by Crippen LogP contribution is -2.36. The zero-order valence-corrected chi connectivity index (χ0v) is 11.0. The molecule has 2 N–H and O–H groups in total. The number of hydrogen-bond donors (Lipinski definition) is 2. The van der Waals surface area contributed by atoms with E-state index in [1.54, 1.807) is 0 Å². The van der Waals surface area contributed by atoms with Gasteiger partial charge in [0.15, 0.2) is 0 Å². The molecule has 0 saturated carbocycles. The highest BCUT2D eigenvalue weighted by molar-refractivity contribution is 7.89. The zero-order chi connectivity index (χ0) is 12.0. The number of nitrogens with zero attached hydrogens (tertiary/aromatic N) is 1. The van der Waals surface area contributed by atoms with Crippen LogP contribution in [0.1, 0.15) is 19.3 Å². The smallest absolute Gasteiger partial charge is 0.212 e. The third-order valence-corrected chi connectivity index (χ3v) is 4.43. The second-order valence-corrected chi connectivity index (χ2v) is 6.45. The number of nitrogens with one attached hydrogen (secondary N) is 2. The Morgan fingerprint density at radius 3 is 2.75 bits per heavy atom. The quantitative estimate of drug-likeness (QED) is 0.696. The van der Waals surface area contributed by atoms with E-state index in [4.69, 9.17) is 0 Å². The first-order valence-corrected chi connectivity index (χ1v) is 7.52. The average molecular weight is 249 g/mol. The Kier molecular flexibility index (Phi) is 5.68. The van der Waals surface area contributed by atoms with Crippen LogP contribution in [0.3, 0.4) is 0 Å². The molecular formula is C10H23N3O2S. The monoisotopic (exact) mass is 249 g/mol. The van der Waals surface area contributed by atoms with Gasteiger partial charge in [-0.2, -0.15) is 0 Å². The maximum Gasteiger partial charge on any atom is 0.212 e. The highest BCUT2D eigenvalue weighted by Crippen LogP contribution is 2.09. The van der Waals surface area contributed by atoms with Crippen molar-refractivity contribution in [2.45, 2.75) is 25.3 Å². The minimum absolute atomic E-state index is 0.163. The predicted octanol–water partition coefficient (Wildman–Crippen LogP) is -0.390. The van der Waals surface area contributed by atoms with Gasteiger partial charge in [0.25, 0.3) is 0 Å². The minimum atomic E-state index is -3.06. The van der Waals surface area contributed by atoms with Gasteiger partial charge in [0.05, 0.1) is 5.75 Å². The van der Waals surface area contributed by atoms with Crippen LogP contribution in [0.2, 0.25) is 0 Å². The maximum atomic E-state index is 11.2. The molecule has 0 aromatic carbocycles. The molecule has 5 nitrogen and oxygen atoms in total. The molecule has 1 heterocycles. The molecule has 0 aromatic rings. The molecule has 0 amide bonds. The van der Waals surface area contributed by atoms with E-state index in [0.717, 1.165) is 25.9 Å².